The van der Waals surface area contributed by atoms with Crippen LogP contribution in [0.1, 0.15) is 23.5 Å². The summed E-state index contributed by atoms with van der Waals surface area (Å²) in [6, 6.07) is 4.65. The molecule has 0 bridgehead atoms. The zero-order valence-electron chi connectivity index (χ0n) is 11.4. The first-order valence-electron chi connectivity index (χ1n) is 6.98. The van der Waals surface area contributed by atoms with E-state index in [0.29, 0.717) is 6.04 Å². The van der Waals surface area contributed by atoms with E-state index in [-0.39, 0.29) is 0 Å². The predicted molar refractivity (Wildman–Crippen MR) is 84.5 cm³/mol. The van der Waals surface area contributed by atoms with Crippen LogP contribution in [-0.4, -0.2) is 26.4 Å². The second kappa shape index (κ2) is 5.67. The van der Waals surface area contributed by atoms with Crippen LogP contribution in [0, 0.1) is 0 Å². The smallest absolute Gasteiger partial charge is 0.133 e. The molecule has 0 aliphatic heterocycles. The lowest BCUT2D eigenvalue weighted by atomic mass is 9.96. The lowest BCUT2D eigenvalue weighted by molar-refractivity contribution is 0.449. The average molecular weight is 317 g/mol. The van der Waals surface area contributed by atoms with Gasteiger partial charge < -0.3 is 5.32 Å². The number of rotatable bonds is 4. The number of H-pyrrole nitrogens is 1. The summed E-state index contributed by atoms with van der Waals surface area (Å²) in [5, 5.41) is 20.0. The quantitative estimate of drug-likeness (QED) is 0.776. The van der Waals surface area contributed by atoms with Crippen molar-refractivity contribution in [2.75, 3.05) is 0 Å². The maximum atomic E-state index is 4.70. The third kappa shape index (κ3) is 2.76. The number of nitrogens with one attached hydrogen (secondary N) is 2. The van der Waals surface area contributed by atoms with Crippen LogP contribution in [0.4, 0.5) is 0 Å². The number of aromatic nitrogens is 4. The Morgan fingerprint density at radius 2 is 2.24 bits per heavy atom. The molecule has 1 unspecified atom stereocenters. The Morgan fingerprint density at radius 1 is 1.29 bits per heavy atom. The fourth-order valence-electron chi connectivity index (χ4n) is 2.61. The Balaban J connectivity index is 1.37. The van der Waals surface area contributed by atoms with Crippen LogP contribution in [0.3, 0.4) is 0 Å². The van der Waals surface area contributed by atoms with Crippen molar-refractivity contribution < 1.29 is 0 Å². The summed E-state index contributed by atoms with van der Waals surface area (Å²) < 4.78 is 0. The molecule has 3 heterocycles. The van der Waals surface area contributed by atoms with E-state index in [0.717, 1.165) is 47.9 Å². The Morgan fingerprint density at radius 3 is 3.14 bits per heavy atom. The maximum Gasteiger partial charge on any atom is 0.133 e. The summed E-state index contributed by atoms with van der Waals surface area (Å²) >= 11 is 3.45. The van der Waals surface area contributed by atoms with Crippen molar-refractivity contribution in [2.45, 2.75) is 31.8 Å². The van der Waals surface area contributed by atoms with Gasteiger partial charge in [0.15, 0.2) is 0 Å². The van der Waals surface area contributed by atoms with Gasteiger partial charge in [-0.1, -0.05) is 6.07 Å². The molecular weight excluding hydrogens is 302 g/mol. The van der Waals surface area contributed by atoms with Crippen molar-refractivity contribution >= 4 is 22.7 Å². The van der Waals surface area contributed by atoms with Gasteiger partial charge in [-0.05, 0) is 24.3 Å². The van der Waals surface area contributed by atoms with E-state index >= 15 is 0 Å². The fourth-order valence-corrected chi connectivity index (χ4v) is 4.24. The van der Waals surface area contributed by atoms with Crippen LogP contribution in [-0.2, 0) is 19.4 Å². The summed E-state index contributed by atoms with van der Waals surface area (Å²) in [5.41, 5.74) is 3.35. The van der Waals surface area contributed by atoms with E-state index in [4.69, 9.17) is 4.98 Å². The molecule has 0 amide bonds. The van der Waals surface area contributed by atoms with Crippen molar-refractivity contribution in [1.29, 1.82) is 0 Å². The van der Waals surface area contributed by atoms with Crippen LogP contribution < -0.4 is 5.32 Å². The number of thiazole rings is 1. The highest BCUT2D eigenvalue weighted by molar-refractivity contribution is 7.20. The largest absolute Gasteiger partial charge is 0.308 e. The molecule has 21 heavy (non-hydrogen) atoms. The minimum absolute atomic E-state index is 0.467. The van der Waals surface area contributed by atoms with Crippen molar-refractivity contribution in [3.05, 3.63) is 40.0 Å². The molecule has 3 aromatic heterocycles. The highest BCUT2D eigenvalue weighted by Gasteiger charge is 2.21. The van der Waals surface area contributed by atoms with E-state index in [2.05, 4.69) is 43.6 Å². The number of hydrogen-bond donors (Lipinski definition) is 2. The van der Waals surface area contributed by atoms with Gasteiger partial charge in [0.1, 0.15) is 5.01 Å². The van der Waals surface area contributed by atoms with Gasteiger partial charge in [-0.25, -0.2) is 4.98 Å². The molecule has 108 valence electrons. The van der Waals surface area contributed by atoms with Gasteiger partial charge in [-0.2, -0.15) is 15.4 Å². The summed E-state index contributed by atoms with van der Waals surface area (Å²) in [5.74, 6) is 0. The van der Waals surface area contributed by atoms with Crippen LogP contribution in [0.5, 0.6) is 0 Å². The van der Waals surface area contributed by atoms with E-state index in [1.54, 1.807) is 22.7 Å². The van der Waals surface area contributed by atoms with E-state index < -0.39 is 0 Å². The molecule has 3 aromatic rings. The molecule has 0 aromatic carbocycles. The maximum absolute atomic E-state index is 4.70. The van der Waals surface area contributed by atoms with E-state index in [9.17, 15) is 0 Å². The van der Waals surface area contributed by atoms with Crippen molar-refractivity contribution in [3.8, 4) is 9.88 Å². The van der Waals surface area contributed by atoms with Gasteiger partial charge in [0, 0.05) is 24.4 Å². The number of hydrogen-bond acceptors (Lipinski definition) is 6. The first-order chi connectivity index (χ1) is 10.4. The average Bonchev–Trinajstić information content (AvgIpc) is 3.24. The molecule has 5 nitrogen and oxygen atoms in total. The van der Waals surface area contributed by atoms with Gasteiger partial charge in [0.05, 0.1) is 22.0 Å². The molecule has 0 fully saturated rings. The first kappa shape index (κ1) is 13.1. The van der Waals surface area contributed by atoms with Gasteiger partial charge >= 0.3 is 0 Å². The first-order valence-corrected chi connectivity index (χ1v) is 8.74. The van der Waals surface area contributed by atoms with Gasteiger partial charge in [-0.3, -0.25) is 0 Å². The molecular formula is C14H15N5S2. The van der Waals surface area contributed by atoms with E-state index in [1.165, 1.54) is 4.88 Å². The van der Waals surface area contributed by atoms with Crippen molar-refractivity contribution in [3.63, 3.8) is 0 Å². The monoisotopic (exact) mass is 317 g/mol. The molecule has 0 spiro atoms. The molecule has 1 aliphatic carbocycles. The van der Waals surface area contributed by atoms with Crippen LogP contribution in [0.25, 0.3) is 9.88 Å². The summed E-state index contributed by atoms with van der Waals surface area (Å²) in [6.45, 7) is 0.819. The van der Waals surface area contributed by atoms with Gasteiger partial charge in [0.2, 0.25) is 0 Å². The molecule has 0 radical (unpaired) electrons. The summed E-state index contributed by atoms with van der Waals surface area (Å²) in [4.78, 5) is 5.95. The lowest BCUT2D eigenvalue weighted by Gasteiger charge is -2.21. The van der Waals surface area contributed by atoms with Gasteiger partial charge in [0.25, 0.3) is 0 Å². The Labute approximate surface area is 130 Å². The Kier molecular flexibility index (Phi) is 3.54. The molecule has 4 rings (SSSR count). The zero-order chi connectivity index (χ0) is 14.1. The minimum atomic E-state index is 0.467. The molecule has 1 atom stereocenters. The number of nitrogens with zero attached hydrogens (tertiary/aromatic N) is 3. The van der Waals surface area contributed by atoms with Crippen molar-refractivity contribution in [1.82, 2.24) is 25.7 Å². The van der Waals surface area contributed by atoms with Crippen LogP contribution in [0.15, 0.2) is 22.9 Å². The number of aromatic amines is 1. The molecule has 0 saturated carbocycles. The SMILES string of the molecule is c1csc(-c2nc(CNC3CCc4n[nH]nc4C3)cs2)c1. The number of thiophene rings is 1. The standard InChI is InChI=1S/C14H15N5S2/c1-2-13(20-5-1)14-16-10(8-21-14)7-15-9-3-4-11-12(6-9)18-19-17-11/h1-2,5,8-9,15H,3-4,6-7H2,(H,17,18,19). The number of fused-ring (bicyclic) bond motifs is 1. The predicted octanol–water partition coefficient (Wildman–Crippen LogP) is 2.64. The van der Waals surface area contributed by atoms with Gasteiger partial charge in [-0.15, -0.1) is 22.7 Å². The molecule has 0 saturated heterocycles. The topological polar surface area (TPSA) is 66.5 Å². The summed E-state index contributed by atoms with van der Waals surface area (Å²) in [7, 11) is 0. The number of aryl methyl sites for hydroxylation is 1. The van der Waals surface area contributed by atoms with E-state index in [1.807, 2.05) is 0 Å². The molecule has 7 heteroatoms. The highest BCUT2D eigenvalue weighted by atomic mass is 32.1. The third-order valence-corrected chi connectivity index (χ3v) is 5.66. The fraction of sp³-hybridized carbons (Fsp3) is 0.357. The minimum Gasteiger partial charge on any atom is -0.308 e. The Hall–Kier alpha value is -1.57. The normalized spacial score (nSPS) is 17.8. The highest BCUT2D eigenvalue weighted by Crippen LogP contribution is 2.27. The summed E-state index contributed by atoms with van der Waals surface area (Å²) in [6.07, 6.45) is 3.07. The second-order valence-corrected chi connectivity index (χ2v) is 6.96. The zero-order valence-corrected chi connectivity index (χ0v) is 13.0. The Bertz CT molecular complexity index is 715. The second-order valence-electron chi connectivity index (χ2n) is 5.16. The van der Waals surface area contributed by atoms with Crippen LogP contribution in [0.2, 0.25) is 0 Å². The molecule has 2 N–H and O–H groups in total. The third-order valence-electron chi connectivity index (χ3n) is 3.73. The molecule has 1 aliphatic rings. The van der Waals surface area contributed by atoms with Crippen LogP contribution >= 0.6 is 22.7 Å². The lowest BCUT2D eigenvalue weighted by Crippen LogP contribution is -2.34. The van der Waals surface area contributed by atoms with Crippen molar-refractivity contribution in [2.24, 2.45) is 0 Å².